The molecule has 4 aromatic rings. The fraction of sp³-hybridized carbons (Fsp3) is 0.125. The van der Waals surface area contributed by atoms with E-state index >= 15 is 0 Å². The number of nitrogens with one attached hydrogen (secondary N) is 2. The molecular formula is C24H21N3O3. The van der Waals surface area contributed by atoms with Crippen molar-refractivity contribution in [2.24, 2.45) is 0 Å². The summed E-state index contributed by atoms with van der Waals surface area (Å²) in [5, 5.41) is 4.91. The zero-order valence-electron chi connectivity index (χ0n) is 16.3. The number of esters is 1. The molecule has 0 aliphatic rings. The molecular weight excluding hydrogens is 378 g/mol. The van der Waals surface area contributed by atoms with Crippen molar-refractivity contribution in [2.75, 3.05) is 13.2 Å². The van der Waals surface area contributed by atoms with Gasteiger partial charge in [0.1, 0.15) is 0 Å². The predicted molar refractivity (Wildman–Crippen MR) is 117 cm³/mol. The summed E-state index contributed by atoms with van der Waals surface area (Å²) in [6.45, 7) is 0.153. The van der Waals surface area contributed by atoms with Gasteiger partial charge in [0.2, 0.25) is 0 Å². The Balaban J connectivity index is 1.24. The van der Waals surface area contributed by atoms with Gasteiger partial charge in [0.25, 0.3) is 5.91 Å². The van der Waals surface area contributed by atoms with Crippen molar-refractivity contribution in [2.45, 2.75) is 6.42 Å². The summed E-state index contributed by atoms with van der Waals surface area (Å²) in [7, 11) is 0. The van der Waals surface area contributed by atoms with Gasteiger partial charge in [-0.3, -0.25) is 9.78 Å². The van der Waals surface area contributed by atoms with Crippen LogP contribution >= 0.6 is 0 Å². The average Bonchev–Trinajstić information content (AvgIpc) is 3.19. The first-order chi connectivity index (χ1) is 14.7. The largest absolute Gasteiger partial charge is 0.452 e. The number of carbonyl (C=O) groups excluding carboxylic acids is 2. The lowest BCUT2D eigenvalue weighted by Gasteiger charge is -2.05. The normalized spacial score (nSPS) is 11.2. The maximum Gasteiger partial charge on any atom is 0.331 e. The van der Waals surface area contributed by atoms with Crippen LogP contribution in [0.5, 0.6) is 0 Å². The number of amides is 1. The molecule has 6 heteroatoms. The Bertz CT molecular complexity index is 1220. The first-order valence-corrected chi connectivity index (χ1v) is 9.71. The van der Waals surface area contributed by atoms with Gasteiger partial charge in [-0.25, -0.2) is 4.79 Å². The number of carbonyl (C=O) groups is 2. The third kappa shape index (κ3) is 4.55. The molecule has 2 N–H and O–H groups in total. The van der Waals surface area contributed by atoms with Gasteiger partial charge in [-0.15, -0.1) is 0 Å². The molecule has 0 bridgehead atoms. The number of para-hydroxylation sites is 2. The van der Waals surface area contributed by atoms with Crippen molar-refractivity contribution in [1.82, 2.24) is 15.3 Å². The van der Waals surface area contributed by atoms with Crippen molar-refractivity contribution in [1.29, 1.82) is 0 Å². The van der Waals surface area contributed by atoms with E-state index in [1.807, 2.05) is 60.8 Å². The minimum atomic E-state index is -0.574. The van der Waals surface area contributed by atoms with E-state index in [1.54, 1.807) is 12.3 Å². The molecule has 30 heavy (non-hydrogen) atoms. The second kappa shape index (κ2) is 9.05. The Morgan fingerprint density at radius 1 is 1.07 bits per heavy atom. The zero-order chi connectivity index (χ0) is 20.8. The number of pyridine rings is 1. The summed E-state index contributed by atoms with van der Waals surface area (Å²) in [5.41, 5.74) is 3.82. The van der Waals surface area contributed by atoms with E-state index in [9.17, 15) is 9.59 Å². The maximum absolute atomic E-state index is 12.0. The van der Waals surface area contributed by atoms with Crippen LogP contribution in [0, 0.1) is 0 Å². The number of nitrogens with zero attached hydrogens (tertiary/aromatic N) is 1. The quantitative estimate of drug-likeness (QED) is 0.367. The van der Waals surface area contributed by atoms with Gasteiger partial charge in [-0.1, -0.05) is 42.5 Å². The van der Waals surface area contributed by atoms with Gasteiger partial charge in [-0.05, 0) is 30.2 Å². The number of hydrogen-bond donors (Lipinski definition) is 2. The third-order valence-corrected chi connectivity index (χ3v) is 4.80. The molecule has 2 aromatic carbocycles. The summed E-state index contributed by atoms with van der Waals surface area (Å²) in [6, 6.07) is 17.6. The molecule has 0 spiro atoms. The second-order valence-corrected chi connectivity index (χ2v) is 6.82. The van der Waals surface area contributed by atoms with Gasteiger partial charge in [-0.2, -0.15) is 0 Å². The van der Waals surface area contributed by atoms with Gasteiger partial charge in [0.05, 0.1) is 5.52 Å². The fourth-order valence-electron chi connectivity index (χ4n) is 3.33. The Kier molecular flexibility index (Phi) is 5.85. The monoisotopic (exact) mass is 399 g/mol. The van der Waals surface area contributed by atoms with E-state index in [1.165, 1.54) is 6.08 Å². The Morgan fingerprint density at radius 2 is 1.93 bits per heavy atom. The summed E-state index contributed by atoms with van der Waals surface area (Å²) >= 11 is 0. The maximum atomic E-state index is 12.0. The number of aromatic amines is 1. The van der Waals surface area contributed by atoms with Crippen LogP contribution in [0.2, 0.25) is 0 Å². The minimum Gasteiger partial charge on any atom is -0.452 e. The van der Waals surface area contributed by atoms with E-state index in [4.69, 9.17) is 4.74 Å². The van der Waals surface area contributed by atoms with Crippen molar-refractivity contribution in [3.05, 3.63) is 84.2 Å². The molecule has 0 aliphatic heterocycles. The van der Waals surface area contributed by atoms with Crippen LogP contribution < -0.4 is 5.32 Å². The number of fused-ring (bicyclic) bond motifs is 2. The lowest BCUT2D eigenvalue weighted by Crippen LogP contribution is -2.30. The molecule has 150 valence electrons. The van der Waals surface area contributed by atoms with Gasteiger partial charge in [0.15, 0.2) is 6.61 Å². The number of rotatable bonds is 7. The van der Waals surface area contributed by atoms with Crippen LogP contribution in [0.3, 0.4) is 0 Å². The molecule has 0 saturated heterocycles. The van der Waals surface area contributed by atoms with Crippen LogP contribution in [0.25, 0.3) is 27.9 Å². The average molecular weight is 399 g/mol. The molecule has 0 atom stereocenters. The van der Waals surface area contributed by atoms with Crippen LogP contribution in [0.15, 0.2) is 73.1 Å². The topological polar surface area (TPSA) is 84.1 Å². The number of benzene rings is 2. The van der Waals surface area contributed by atoms with E-state index in [-0.39, 0.29) is 12.5 Å². The van der Waals surface area contributed by atoms with E-state index in [0.717, 1.165) is 32.9 Å². The smallest absolute Gasteiger partial charge is 0.331 e. The molecule has 2 aromatic heterocycles. The van der Waals surface area contributed by atoms with Crippen LogP contribution in [-0.2, 0) is 20.7 Å². The van der Waals surface area contributed by atoms with Crippen molar-refractivity contribution >= 4 is 39.8 Å². The molecule has 1 amide bonds. The third-order valence-electron chi connectivity index (χ3n) is 4.80. The van der Waals surface area contributed by atoms with Crippen molar-refractivity contribution < 1.29 is 14.3 Å². The van der Waals surface area contributed by atoms with E-state index < -0.39 is 5.97 Å². The SMILES string of the molecule is O=C(COC(=O)/C=C/c1cccc2cccnc12)NCCc1c[nH]c2ccccc12. The standard InChI is InChI=1S/C24H21N3O3/c28-22(25-14-12-19-15-27-21-9-2-1-8-20(19)21)16-30-23(29)11-10-18-6-3-5-17-7-4-13-26-24(17)18/h1-11,13,15,27H,12,14,16H2,(H,25,28)/b11-10+. The van der Waals surface area contributed by atoms with E-state index in [0.29, 0.717) is 13.0 Å². The number of ether oxygens (including phenoxy) is 1. The molecule has 6 nitrogen and oxygen atoms in total. The summed E-state index contributed by atoms with van der Waals surface area (Å²) in [6.07, 6.45) is 7.30. The highest BCUT2D eigenvalue weighted by Gasteiger charge is 2.07. The number of H-pyrrole nitrogens is 1. The van der Waals surface area contributed by atoms with Crippen molar-refractivity contribution in [3.63, 3.8) is 0 Å². The highest BCUT2D eigenvalue weighted by molar-refractivity contribution is 5.93. The minimum absolute atomic E-state index is 0.315. The Labute approximate surface area is 173 Å². The fourth-order valence-corrected chi connectivity index (χ4v) is 3.33. The number of hydrogen-bond acceptors (Lipinski definition) is 4. The first-order valence-electron chi connectivity index (χ1n) is 9.71. The van der Waals surface area contributed by atoms with Gasteiger partial charge < -0.3 is 15.0 Å². The zero-order valence-corrected chi connectivity index (χ0v) is 16.3. The summed E-state index contributed by atoms with van der Waals surface area (Å²) < 4.78 is 5.03. The molecule has 0 unspecified atom stereocenters. The van der Waals surface area contributed by atoms with Gasteiger partial charge in [0, 0.05) is 46.9 Å². The molecule has 0 aliphatic carbocycles. The van der Waals surface area contributed by atoms with Crippen LogP contribution in [0.1, 0.15) is 11.1 Å². The van der Waals surface area contributed by atoms with Gasteiger partial charge >= 0.3 is 5.97 Å². The molecule has 0 saturated carbocycles. The highest BCUT2D eigenvalue weighted by Crippen LogP contribution is 2.18. The van der Waals surface area contributed by atoms with E-state index in [2.05, 4.69) is 15.3 Å². The predicted octanol–water partition coefficient (Wildman–Crippen LogP) is 3.63. The Hall–Kier alpha value is -3.93. The molecule has 2 heterocycles. The summed E-state index contributed by atoms with van der Waals surface area (Å²) in [5.74, 6) is -0.905. The van der Waals surface area contributed by atoms with Crippen LogP contribution in [-0.4, -0.2) is 35.0 Å². The molecule has 4 rings (SSSR count). The number of aromatic nitrogens is 2. The van der Waals surface area contributed by atoms with Crippen molar-refractivity contribution in [3.8, 4) is 0 Å². The molecule has 0 fully saturated rings. The lowest BCUT2D eigenvalue weighted by molar-refractivity contribution is -0.143. The highest BCUT2D eigenvalue weighted by atomic mass is 16.5. The van der Waals surface area contributed by atoms with Crippen LogP contribution in [0.4, 0.5) is 0 Å². The second-order valence-electron chi connectivity index (χ2n) is 6.82. The summed E-state index contributed by atoms with van der Waals surface area (Å²) in [4.78, 5) is 31.5. The Morgan fingerprint density at radius 3 is 2.87 bits per heavy atom. The first kappa shape index (κ1) is 19.4. The molecule has 0 radical (unpaired) electrons. The lowest BCUT2D eigenvalue weighted by atomic mass is 10.1.